The third kappa shape index (κ3) is 2.63. The van der Waals surface area contributed by atoms with Crippen LogP contribution in [-0.4, -0.2) is 16.1 Å². The van der Waals surface area contributed by atoms with E-state index in [-0.39, 0.29) is 10.6 Å². The smallest absolute Gasteiger partial charge is 0.307 e. The first-order valence-corrected chi connectivity index (χ1v) is 4.02. The van der Waals surface area contributed by atoms with Gasteiger partial charge in [0.2, 0.25) is 0 Å². The number of hydrogen-bond donors (Lipinski definition) is 1. The van der Waals surface area contributed by atoms with Crippen LogP contribution in [0.5, 0.6) is 0 Å². The van der Waals surface area contributed by atoms with Crippen molar-refractivity contribution in [2.75, 3.05) is 0 Å². The molecule has 0 aliphatic carbocycles. The second kappa shape index (κ2) is 4.32. The Bertz CT molecular complexity index is 357. The molecular formula is C8H6ClF2NO2. The summed E-state index contributed by atoms with van der Waals surface area (Å²) in [6.07, 6.45) is -2.23. The second-order valence-corrected chi connectivity index (χ2v) is 3.01. The van der Waals surface area contributed by atoms with Crippen LogP contribution in [0.25, 0.3) is 0 Å². The summed E-state index contributed by atoms with van der Waals surface area (Å²) in [5.74, 6) is -1.20. The van der Waals surface area contributed by atoms with Gasteiger partial charge in [-0.15, -0.1) is 0 Å². The summed E-state index contributed by atoms with van der Waals surface area (Å²) in [5.41, 5.74) is -0.586. The molecule has 6 heteroatoms. The van der Waals surface area contributed by atoms with Crippen LogP contribution in [0.1, 0.15) is 17.7 Å². The lowest BCUT2D eigenvalue weighted by Crippen LogP contribution is -2.05. The lowest BCUT2D eigenvalue weighted by atomic mass is 10.1. The van der Waals surface area contributed by atoms with E-state index in [2.05, 4.69) is 4.98 Å². The molecule has 0 saturated heterocycles. The van der Waals surface area contributed by atoms with E-state index in [1.807, 2.05) is 0 Å². The minimum absolute atomic E-state index is 0.0556. The fraction of sp³-hybridized carbons (Fsp3) is 0.250. The van der Waals surface area contributed by atoms with Gasteiger partial charge in [-0.3, -0.25) is 9.78 Å². The molecule has 1 rings (SSSR count). The van der Waals surface area contributed by atoms with Crippen LogP contribution in [0, 0.1) is 0 Å². The molecule has 0 aliphatic rings. The van der Waals surface area contributed by atoms with Crippen molar-refractivity contribution in [2.45, 2.75) is 12.8 Å². The minimum Gasteiger partial charge on any atom is -0.481 e. The van der Waals surface area contributed by atoms with Gasteiger partial charge in [0.1, 0.15) is 5.69 Å². The molecular weight excluding hydrogens is 216 g/mol. The summed E-state index contributed by atoms with van der Waals surface area (Å²) >= 11 is 5.50. The number of halogens is 3. The molecule has 0 amide bonds. The van der Waals surface area contributed by atoms with Gasteiger partial charge in [-0.2, -0.15) is 0 Å². The predicted molar refractivity (Wildman–Crippen MR) is 45.5 cm³/mol. The van der Waals surface area contributed by atoms with E-state index in [4.69, 9.17) is 16.7 Å². The Hall–Kier alpha value is -1.23. The first kappa shape index (κ1) is 10.8. The number of carbonyl (C=O) groups is 1. The van der Waals surface area contributed by atoms with Crippen molar-refractivity contribution in [2.24, 2.45) is 0 Å². The summed E-state index contributed by atoms with van der Waals surface area (Å²) < 4.78 is 24.6. The summed E-state index contributed by atoms with van der Waals surface area (Å²) in [6, 6.07) is 1.18. The van der Waals surface area contributed by atoms with Crippen LogP contribution < -0.4 is 0 Å². The largest absolute Gasteiger partial charge is 0.481 e. The van der Waals surface area contributed by atoms with Gasteiger partial charge in [-0.05, 0) is 11.6 Å². The summed E-state index contributed by atoms with van der Waals surface area (Å²) in [7, 11) is 0. The number of aromatic nitrogens is 1. The summed E-state index contributed by atoms with van der Waals surface area (Å²) in [5, 5.41) is 8.59. The number of rotatable bonds is 3. The van der Waals surface area contributed by atoms with Gasteiger partial charge in [0, 0.05) is 6.20 Å². The van der Waals surface area contributed by atoms with Gasteiger partial charge in [0.15, 0.2) is 0 Å². The van der Waals surface area contributed by atoms with Crippen LogP contribution in [0.2, 0.25) is 5.02 Å². The van der Waals surface area contributed by atoms with Crippen LogP contribution in [-0.2, 0) is 11.2 Å². The number of alkyl halides is 2. The molecule has 0 radical (unpaired) electrons. The van der Waals surface area contributed by atoms with Crippen molar-refractivity contribution in [3.8, 4) is 0 Å². The molecule has 1 heterocycles. The number of hydrogen-bond acceptors (Lipinski definition) is 2. The highest BCUT2D eigenvalue weighted by Crippen LogP contribution is 2.23. The van der Waals surface area contributed by atoms with Gasteiger partial charge >= 0.3 is 5.97 Å². The van der Waals surface area contributed by atoms with Crippen molar-refractivity contribution in [3.63, 3.8) is 0 Å². The zero-order valence-electron chi connectivity index (χ0n) is 6.88. The van der Waals surface area contributed by atoms with E-state index < -0.39 is 24.5 Å². The van der Waals surface area contributed by atoms with Crippen LogP contribution in [0.3, 0.4) is 0 Å². The van der Waals surface area contributed by atoms with Gasteiger partial charge < -0.3 is 5.11 Å². The standard InChI is InChI=1S/C8H6ClF2NO2/c9-5-1-4(2-6(13)14)7(8(10)11)12-3-5/h1,3,8H,2H2,(H,13,14). The molecule has 0 aliphatic heterocycles. The second-order valence-electron chi connectivity index (χ2n) is 2.57. The molecule has 1 N–H and O–H groups in total. The van der Waals surface area contributed by atoms with Gasteiger partial charge in [0.05, 0.1) is 11.4 Å². The average Bonchev–Trinajstić information content (AvgIpc) is 2.01. The maximum Gasteiger partial charge on any atom is 0.307 e. The third-order valence-electron chi connectivity index (χ3n) is 1.52. The van der Waals surface area contributed by atoms with Crippen molar-refractivity contribution in [1.29, 1.82) is 0 Å². The van der Waals surface area contributed by atoms with Crippen molar-refractivity contribution in [1.82, 2.24) is 4.98 Å². The molecule has 0 spiro atoms. The van der Waals surface area contributed by atoms with Crippen molar-refractivity contribution < 1.29 is 18.7 Å². The molecule has 3 nitrogen and oxygen atoms in total. The van der Waals surface area contributed by atoms with Crippen LogP contribution >= 0.6 is 11.6 Å². The van der Waals surface area contributed by atoms with E-state index in [0.29, 0.717) is 0 Å². The van der Waals surface area contributed by atoms with Gasteiger partial charge in [0.25, 0.3) is 6.43 Å². The number of aliphatic carboxylic acids is 1. The molecule has 0 bridgehead atoms. The Morgan fingerprint density at radius 3 is 2.79 bits per heavy atom. The molecule has 76 valence electrons. The van der Waals surface area contributed by atoms with Crippen LogP contribution in [0.4, 0.5) is 8.78 Å². The Morgan fingerprint density at radius 2 is 2.29 bits per heavy atom. The van der Waals surface area contributed by atoms with E-state index in [0.717, 1.165) is 6.20 Å². The number of nitrogens with zero attached hydrogens (tertiary/aromatic N) is 1. The highest BCUT2D eigenvalue weighted by molar-refractivity contribution is 6.30. The predicted octanol–water partition coefficient (Wildman–Crippen LogP) is 2.30. The van der Waals surface area contributed by atoms with E-state index >= 15 is 0 Å². The normalized spacial score (nSPS) is 10.6. The summed E-state index contributed by atoms with van der Waals surface area (Å²) in [4.78, 5) is 13.7. The van der Waals surface area contributed by atoms with Gasteiger partial charge in [-0.1, -0.05) is 11.6 Å². The quantitative estimate of drug-likeness (QED) is 0.852. The molecule has 14 heavy (non-hydrogen) atoms. The maximum absolute atomic E-state index is 12.3. The molecule has 0 saturated carbocycles. The number of carboxylic acid groups (broad SMARTS) is 1. The average molecular weight is 222 g/mol. The Balaban J connectivity index is 3.09. The molecule has 0 aromatic carbocycles. The first-order chi connectivity index (χ1) is 6.50. The topological polar surface area (TPSA) is 50.2 Å². The Morgan fingerprint density at radius 1 is 1.64 bits per heavy atom. The molecule has 0 unspecified atom stereocenters. The number of carboxylic acids is 1. The highest BCUT2D eigenvalue weighted by Gasteiger charge is 2.16. The zero-order chi connectivity index (χ0) is 10.7. The fourth-order valence-electron chi connectivity index (χ4n) is 0.993. The zero-order valence-corrected chi connectivity index (χ0v) is 7.63. The summed E-state index contributed by atoms with van der Waals surface area (Å²) in [6.45, 7) is 0. The number of pyridine rings is 1. The molecule has 0 fully saturated rings. The van der Waals surface area contributed by atoms with Crippen LogP contribution in [0.15, 0.2) is 12.3 Å². The molecule has 1 aromatic rings. The fourth-order valence-corrected chi connectivity index (χ4v) is 1.17. The van der Waals surface area contributed by atoms with E-state index in [1.54, 1.807) is 0 Å². The molecule has 0 atom stereocenters. The lowest BCUT2D eigenvalue weighted by Gasteiger charge is -2.05. The highest BCUT2D eigenvalue weighted by atomic mass is 35.5. The maximum atomic E-state index is 12.3. The van der Waals surface area contributed by atoms with Crippen molar-refractivity contribution in [3.05, 3.63) is 28.5 Å². The van der Waals surface area contributed by atoms with E-state index in [1.165, 1.54) is 6.07 Å². The lowest BCUT2D eigenvalue weighted by molar-refractivity contribution is -0.136. The minimum atomic E-state index is -2.79. The van der Waals surface area contributed by atoms with E-state index in [9.17, 15) is 13.6 Å². The first-order valence-electron chi connectivity index (χ1n) is 3.65. The van der Waals surface area contributed by atoms with Crippen molar-refractivity contribution >= 4 is 17.6 Å². The Labute approximate surface area is 83.3 Å². The Kier molecular flexibility index (Phi) is 3.35. The third-order valence-corrected chi connectivity index (χ3v) is 1.72. The van der Waals surface area contributed by atoms with Gasteiger partial charge in [-0.25, -0.2) is 8.78 Å². The monoisotopic (exact) mass is 221 g/mol. The SMILES string of the molecule is O=C(O)Cc1cc(Cl)cnc1C(F)F. The molecule has 1 aromatic heterocycles.